The Balaban J connectivity index is 2.00. The van der Waals surface area contributed by atoms with Gasteiger partial charge in [0, 0.05) is 24.0 Å². The molecule has 4 nitrogen and oxygen atoms in total. The molecule has 0 radical (unpaired) electrons. The first kappa shape index (κ1) is 12.2. The van der Waals surface area contributed by atoms with Crippen molar-refractivity contribution in [2.75, 3.05) is 10.7 Å². The summed E-state index contributed by atoms with van der Waals surface area (Å²) in [6, 6.07) is 4.50. The summed E-state index contributed by atoms with van der Waals surface area (Å²) in [6.45, 7) is 4.69. The SMILES string of the molecule is CC1(C)CCCC(Nc2ccnc(NN)c2)C1. The van der Waals surface area contributed by atoms with Gasteiger partial charge in [-0.1, -0.05) is 20.3 Å². The second-order valence-electron chi connectivity index (χ2n) is 5.68. The van der Waals surface area contributed by atoms with Gasteiger partial charge in [0.25, 0.3) is 0 Å². The standard InChI is InChI=1S/C13H22N4/c1-13(2)6-3-4-11(9-13)16-10-5-7-15-12(8-10)17-14/h5,7-8,11H,3-4,6,9,14H2,1-2H3,(H2,15,16,17). The van der Waals surface area contributed by atoms with Gasteiger partial charge in [0.1, 0.15) is 5.82 Å². The monoisotopic (exact) mass is 234 g/mol. The van der Waals surface area contributed by atoms with E-state index in [0.29, 0.717) is 17.3 Å². The van der Waals surface area contributed by atoms with Crippen LogP contribution < -0.4 is 16.6 Å². The number of anilines is 2. The Kier molecular flexibility index (Phi) is 3.52. The average Bonchev–Trinajstić information content (AvgIpc) is 2.28. The third kappa shape index (κ3) is 3.33. The lowest BCUT2D eigenvalue weighted by Crippen LogP contribution is -2.31. The van der Waals surface area contributed by atoms with Gasteiger partial charge in [-0.25, -0.2) is 10.8 Å². The van der Waals surface area contributed by atoms with Crippen molar-refractivity contribution in [3.63, 3.8) is 0 Å². The van der Waals surface area contributed by atoms with Gasteiger partial charge in [0.05, 0.1) is 0 Å². The number of aromatic nitrogens is 1. The summed E-state index contributed by atoms with van der Waals surface area (Å²) < 4.78 is 0. The topological polar surface area (TPSA) is 63.0 Å². The highest BCUT2D eigenvalue weighted by molar-refractivity contribution is 5.51. The number of hydrazine groups is 1. The molecule has 0 spiro atoms. The van der Waals surface area contributed by atoms with Crippen LogP contribution in [0, 0.1) is 5.41 Å². The molecule has 1 saturated carbocycles. The summed E-state index contributed by atoms with van der Waals surface area (Å²) in [5.41, 5.74) is 4.12. The van der Waals surface area contributed by atoms with E-state index < -0.39 is 0 Å². The third-order valence-corrected chi connectivity index (χ3v) is 3.48. The van der Waals surface area contributed by atoms with Gasteiger partial charge in [-0.15, -0.1) is 0 Å². The van der Waals surface area contributed by atoms with Crippen molar-refractivity contribution in [1.29, 1.82) is 0 Å². The molecule has 1 heterocycles. The van der Waals surface area contributed by atoms with E-state index in [1.807, 2.05) is 12.1 Å². The van der Waals surface area contributed by atoms with E-state index in [1.54, 1.807) is 6.20 Å². The number of hydrogen-bond donors (Lipinski definition) is 3. The van der Waals surface area contributed by atoms with Crippen LogP contribution >= 0.6 is 0 Å². The summed E-state index contributed by atoms with van der Waals surface area (Å²) >= 11 is 0. The Hall–Kier alpha value is -1.29. The van der Waals surface area contributed by atoms with Crippen LogP contribution in [0.5, 0.6) is 0 Å². The Morgan fingerprint density at radius 3 is 3.00 bits per heavy atom. The van der Waals surface area contributed by atoms with Gasteiger partial charge in [0.15, 0.2) is 0 Å². The van der Waals surface area contributed by atoms with Crippen molar-refractivity contribution < 1.29 is 0 Å². The van der Waals surface area contributed by atoms with E-state index in [9.17, 15) is 0 Å². The maximum absolute atomic E-state index is 5.35. The molecule has 1 aromatic heterocycles. The molecule has 1 aromatic rings. The molecule has 1 fully saturated rings. The highest BCUT2D eigenvalue weighted by Gasteiger charge is 2.27. The fourth-order valence-electron chi connectivity index (χ4n) is 2.66. The van der Waals surface area contributed by atoms with E-state index in [-0.39, 0.29) is 0 Å². The number of rotatable bonds is 3. The van der Waals surface area contributed by atoms with Crippen LogP contribution in [0.4, 0.5) is 11.5 Å². The van der Waals surface area contributed by atoms with Crippen LogP contribution in [0.1, 0.15) is 39.5 Å². The molecule has 1 aliphatic carbocycles. The van der Waals surface area contributed by atoms with Crippen molar-refractivity contribution in [2.24, 2.45) is 11.3 Å². The van der Waals surface area contributed by atoms with Gasteiger partial charge >= 0.3 is 0 Å². The highest BCUT2D eigenvalue weighted by atomic mass is 15.2. The summed E-state index contributed by atoms with van der Waals surface area (Å²) in [4.78, 5) is 4.10. The lowest BCUT2D eigenvalue weighted by molar-refractivity contribution is 0.229. The fourth-order valence-corrected chi connectivity index (χ4v) is 2.66. The third-order valence-electron chi connectivity index (χ3n) is 3.48. The Morgan fingerprint density at radius 1 is 1.47 bits per heavy atom. The molecule has 0 saturated heterocycles. The van der Waals surface area contributed by atoms with Gasteiger partial charge in [-0.05, 0) is 30.7 Å². The molecule has 4 heteroatoms. The quantitative estimate of drug-likeness (QED) is 0.556. The zero-order valence-electron chi connectivity index (χ0n) is 10.7. The summed E-state index contributed by atoms with van der Waals surface area (Å²) in [5.74, 6) is 6.05. The minimum absolute atomic E-state index is 0.456. The predicted octanol–water partition coefficient (Wildman–Crippen LogP) is 2.75. The Morgan fingerprint density at radius 2 is 2.29 bits per heavy atom. The second kappa shape index (κ2) is 4.92. The molecule has 4 N–H and O–H groups in total. The lowest BCUT2D eigenvalue weighted by Gasteiger charge is -2.36. The lowest BCUT2D eigenvalue weighted by atomic mass is 9.75. The Bertz CT molecular complexity index is 375. The van der Waals surface area contributed by atoms with Crippen molar-refractivity contribution in [2.45, 2.75) is 45.6 Å². The Labute approximate surface area is 103 Å². The van der Waals surface area contributed by atoms with Crippen molar-refractivity contribution in [1.82, 2.24) is 4.98 Å². The van der Waals surface area contributed by atoms with Crippen LogP contribution in [0.25, 0.3) is 0 Å². The zero-order chi connectivity index (χ0) is 12.3. The number of nitrogens with two attached hydrogens (primary N) is 1. The maximum atomic E-state index is 5.35. The average molecular weight is 234 g/mol. The smallest absolute Gasteiger partial charge is 0.141 e. The molecule has 2 rings (SSSR count). The van der Waals surface area contributed by atoms with Gasteiger partial charge < -0.3 is 10.7 Å². The van der Waals surface area contributed by atoms with E-state index in [0.717, 1.165) is 5.69 Å². The van der Waals surface area contributed by atoms with Crippen LogP contribution in [-0.2, 0) is 0 Å². The van der Waals surface area contributed by atoms with E-state index in [4.69, 9.17) is 5.84 Å². The van der Waals surface area contributed by atoms with Gasteiger partial charge in [0.2, 0.25) is 0 Å². The molecule has 0 bridgehead atoms. The normalized spacial score (nSPS) is 23.1. The molecule has 0 amide bonds. The molecule has 0 aliphatic heterocycles. The number of nitrogen functional groups attached to an aromatic ring is 1. The van der Waals surface area contributed by atoms with Crippen LogP contribution in [0.3, 0.4) is 0 Å². The molecule has 1 unspecified atom stereocenters. The first-order valence-corrected chi connectivity index (χ1v) is 6.28. The molecule has 94 valence electrons. The number of pyridine rings is 1. The van der Waals surface area contributed by atoms with E-state index in [2.05, 4.69) is 29.6 Å². The molecule has 1 aliphatic rings. The minimum atomic E-state index is 0.456. The molecular formula is C13H22N4. The second-order valence-corrected chi connectivity index (χ2v) is 5.68. The first-order chi connectivity index (χ1) is 8.09. The minimum Gasteiger partial charge on any atom is -0.382 e. The zero-order valence-corrected chi connectivity index (χ0v) is 10.7. The summed E-state index contributed by atoms with van der Waals surface area (Å²) in [7, 11) is 0. The molecule has 1 atom stereocenters. The summed E-state index contributed by atoms with van der Waals surface area (Å²) in [6.07, 6.45) is 6.87. The number of nitrogens with one attached hydrogen (secondary N) is 2. The van der Waals surface area contributed by atoms with Crippen molar-refractivity contribution in [3.8, 4) is 0 Å². The summed E-state index contributed by atoms with van der Waals surface area (Å²) in [5, 5.41) is 3.58. The largest absolute Gasteiger partial charge is 0.382 e. The highest BCUT2D eigenvalue weighted by Crippen LogP contribution is 2.36. The van der Waals surface area contributed by atoms with Gasteiger partial charge in [-0.2, -0.15) is 0 Å². The first-order valence-electron chi connectivity index (χ1n) is 6.28. The van der Waals surface area contributed by atoms with Crippen molar-refractivity contribution >= 4 is 11.5 Å². The van der Waals surface area contributed by atoms with E-state index in [1.165, 1.54) is 25.7 Å². The van der Waals surface area contributed by atoms with E-state index >= 15 is 0 Å². The molecule has 0 aromatic carbocycles. The fraction of sp³-hybridized carbons (Fsp3) is 0.615. The number of hydrogen-bond acceptors (Lipinski definition) is 4. The maximum Gasteiger partial charge on any atom is 0.141 e. The van der Waals surface area contributed by atoms with Crippen LogP contribution in [-0.4, -0.2) is 11.0 Å². The predicted molar refractivity (Wildman–Crippen MR) is 71.7 cm³/mol. The van der Waals surface area contributed by atoms with Crippen LogP contribution in [0.15, 0.2) is 18.3 Å². The van der Waals surface area contributed by atoms with Crippen LogP contribution in [0.2, 0.25) is 0 Å². The molecular weight excluding hydrogens is 212 g/mol. The van der Waals surface area contributed by atoms with Crippen molar-refractivity contribution in [3.05, 3.63) is 18.3 Å². The molecule has 17 heavy (non-hydrogen) atoms. The number of nitrogens with zero attached hydrogens (tertiary/aromatic N) is 1. The van der Waals surface area contributed by atoms with Gasteiger partial charge in [-0.3, -0.25) is 0 Å².